The van der Waals surface area contributed by atoms with Gasteiger partial charge in [0.05, 0.1) is 6.10 Å². The van der Waals surface area contributed by atoms with Crippen LogP contribution >= 0.6 is 0 Å². The highest BCUT2D eigenvalue weighted by atomic mass is 16.3. The number of aliphatic hydroxyl groups excluding tert-OH is 1. The summed E-state index contributed by atoms with van der Waals surface area (Å²) < 4.78 is 0. The summed E-state index contributed by atoms with van der Waals surface area (Å²) in [5.74, 6) is 1.15. The van der Waals surface area contributed by atoms with Gasteiger partial charge in [0.2, 0.25) is 5.91 Å². The van der Waals surface area contributed by atoms with Gasteiger partial charge in [0.25, 0.3) is 0 Å². The quantitative estimate of drug-likeness (QED) is 0.823. The molecule has 114 valence electrons. The molecule has 0 aromatic carbocycles. The molecule has 2 saturated carbocycles. The van der Waals surface area contributed by atoms with E-state index in [1.54, 1.807) is 0 Å². The van der Waals surface area contributed by atoms with E-state index in [1.165, 1.54) is 19.3 Å². The number of rotatable bonds is 3. The van der Waals surface area contributed by atoms with Crippen LogP contribution in [0.5, 0.6) is 0 Å². The van der Waals surface area contributed by atoms with Gasteiger partial charge in [-0.15, -0.1) is 0 Å². The van der Waals surface area contributed by atoms with E-state index in [0.29, 0.717) is 24.8 Å². The molecule has 20 heavy (non-hydrogen) atoms. The van der Waals surface area contributed by atoms with Crippen LogP contribution in [0.15, 0.2) is 0 Å². The predicted molar refractivity (Wildman–Crippen MR) is 78.0 cm³/mol. The highest BCUT2D eigenvalue weighted by molar-refractivity contribution is 5.77. The van der Waals surface area contributed by atoms with Gasteiger partial charge in [0.1, 0.15) is 0 Å². The molecule has 0 bridgehead atoms. The Labute approximate surface area is 121 Å². The smallest absolute Gasteiger partial charge is 0.223 e. The van der Waals surface area contributed by atoms with Gasteiger partial charge in [0.15, 0.2) is 0 Å². The van der Waals surface area contributed by atoms with E-state index in [-0.39, 0.29) is 17.4 Å². The summed E-state index contributed by atoms with van der Waals surface area (Å²) in [6.45, 7) is 2.27. The van der Waals surface area contributed by atoms with Gasteiger partial charge in [-0.3, -0.25) is 4.79 Å². The second-order valence-corrected chi connectivity index (χ2v) is 7.31. The summed E-state index contributed by atoms with van der Waals surface area (Å²) in [5.41, 5.74) is 6.05. The Balaban J connectivity index is 1.59. The molecule has 3 atom stereocenters. The van der Waals surface area contributed by atoms with Crippen molar-refractivity contribution in [3.63, 3.8) is 0 Å². The van der Waals surface area contributed by atoms with E-state index in [0.717, 1.165) is 38.8 Å². The zero-order valence-electron chi connectivity index (χ0n) is 12.4. The lowest BCUT2D eigenvalue weighted by Gasteiger charge is -2.37. The highest BCUT2D eigenvalue weighted by Gasteiger charge is 2.44. The molecule has 2 aliphatic carbocycles. The maximum atomic E-state index is 12.6. The van der Waals surface area contributed by atoms with Crippen LogP contribution in [0, 0.1) is 17.3 Å². The van der Waals surface area contributed by atoms with Crippen molar-refractivity contribution in [2.75, 3.05) is 19.6 Å². The minimum absolute atomic E-state index is 0.0612. The first-order valence-corrected chi connectivity index (χ1v) is 8.29. The van der Waals surface area contributed by atoms with Gasteiger partial charge in [-0.05, 0) is 43.6 Å². The van der Waals surface area contributed by atoms with Crippen LogP contribution in [0.1, 0.15) is 51.4 Å². The Kier molecular flexibility index (Phi) is 4.04. The van der Waals surface area contributed by atoms with Crippen molar-refractivity contribution in [3.8, 4) is 0 Å². The van der Waals surface area contributed by atoms with Gasteiger partial charge < -0.3 is 15.7 Å². The first-order chi connectivity index (χ1) is 9.63. The molecule has 0 radical (unpaired) electrons. The third-order valence-electron chi connectivity index (χ3n) is 6.05. The molecule has 3 N–H and O–H groups in total. The number of likely N-dealkylation sites (tertiary alicyclic amines) is 1. The average molecular weight is 280 g/mol. The van der Waals surface area contributed by atoms with Crippen molar-refractivity contribution in [2.24, 2.45) is 23.0 Å². The standard InChI is InChI=1S/C16H28N2O2/c17-11-16(6-2-1-3-7-16)8-15(20)18-9-12-4-5-14(19)13(12)10-18/h12-14,19H,1-11,17H2. The van der Waals surface area contributed by atoms with Gasteiger partial charge in [-0.1, -0.05) is 19.3 Å². The topological polar surface area (TPSA) is 66.6 Å². The molecule has 0 aromatic heterocycles. The molecule has 1 heterocycles. The molecule has 1 saturated heterocycles. The molecule has 0 spiro atoms. The second kappa shape index (κ2) is 5.64. The van der Waals surface area contributed by atoms with Crippen molar-refractivity contribution in [2.45, 2.75) is 57.5 Å². The lowest BCUT2D eigenvalue weighted by atomic mass is 9.71. The van der Waals surface area contributed by atoms with E-state index >= 15 is 0 Å². The minimum atomic E-state index is -0.184. The molecule has 4 nitrogen and oxygen atoms in total. The van der Waals surface area contributed by atoms with E-state index < -0.39 is 0 Å². The number of aliphatic hydroxyl groups is 1. The van der Waals surface area contributed by atoms with Crippen LogP contribution < -0.4 is 5.73 Å². The SMILES string of the molecule is NCC1(CC(=O)N2CC3CCC(O)C3C2)CCCCC1. The van der Waals surface area contributed by atoms with Crippen LogP contribution in [0.3, 0.4) is 0 Å². The normalized spacial score (nSPS) is 36.1. The molecule has 3 aliphatic rings. The van der Waals surface area contributed by atoms with Crippen LogP contribution in [0.2, 0.25) is 0 Å². The van der Waals surface area contributed by atoms with Gasteiger partial charge >= 0.3 is 0 Å². The fraction of sp³-hybridized carbons (Fsp3) is 0.938. The van der Waals surface area contributed by atoms with Crippen LogP contribution in [0.25, 0.3) is 0 Å². The number of fused-ring (bicyclic) bond motifs is 1. The molecule has 3 fully saturated rings. The number of hydrogen-bond donors (Lipinski definition) is 2. The Morgan fingerprint density at radius 1 is 1.20 bits per heavy atom. The van der Waals surface area contributed by atoms with Gasteiger partial charge in [0, 0.05) is 25.4 Å². The predicted octanol–water partition coefficient (Wildman–Crippen LogP) is 1.51. The molecular weight excluding hydrogens is 252 g/mol. The summed E-state index contributed by atoms with van der Waals surface area (Å²) in [7, 11) is 0. The number of carbonyl (C=O) groups excluding carboxylic acids is 1. The molecular formula is C16H28N2O2. The number of nitrogens with zero attached hydrogens (tertiary/aromatic N) is 1. The van der Waals surface area contributed by atoms with Crippen LogP contribution in [-0.4, -0.2) is 41.7 Å². The largest absolute Gasteiger partial charge is 0.393 e. The van der Waals surface area contributed by atoms with E-state index in [1.807, 2.05) is 4.90 Å². The van der Waals surface area contributed by atoms with Crippen LogP contribution in [0.4, 0.5) is 0 Å². The van der Waals surface area contributed by atoms with Crippen molar-refractivity contribution in [3.05, 3.63) is 0 Å². The Morgan fingerprint density at radius 3 is 2.60 bits per heavy atom. The highest BCUT2D eigenvalue weighted by Crippen LogP contribution is 2.41. The Bertz CT molecular complexity index is 365. The lowest BCUT2D eigenvalue weighted by Crippen LogP contribution is -2.40. The van der Waals surface area contributed by atoms with Crippen molar-refractivity contribution in [1.29, 1.82) is 0 Å². The third-order valence-corrected chi connectivity index (χ3v) is 6.05. The fourth-order valence-electron chi connectivity index (χ4n) is 4.63. The summed E-state index contributed by atoms with van der Waals surface area (Å²) >= 11 is 0. The van der Waals surface area contributed by atoms with Gasteiger partial charge in [-0.2, -0.15) is 0 Å². The molecule has 0 aromatic rings. The fourth-order valence-corrected chi connectivity index (χ4v) is 4.63. The zero-order chi connectivity index (χ0) is 14.2. The summed E-state index contributed by atoms with van der Waals surface area (Å²) in [6.07, 6.45) is 8.38. The lowest BCUT2D eigenvalue weighted by molar-refractivity contribution is -0.133. The van der Waals surface area contributed by atoms with Crippen LogP contribution in [-0.2, 0) is 4.79 Å². The molecule has 3 unspecified atom stereocenters. The Morgan fingerprint density at radius 2 is 1.95 bits per heavy atom. The molecule has 1 aliphatic heterocycles. The number of nitrogens with two attached hydrogens (primary N) is 1. The maximum absolute atomic E-state index is 12.6. The number of carbonyl (C=O) groups is 1. The Hall–Kier alpha value is -0.610. The first kappa shape index (κ1) is 14.3. The molecule has 1 amide bonds. The van der Waals surface area contributed by atoms with Crippen molar-refractivity contribution >= 4 is 5.91 Å². The van der Waals surface area contributed by atoms with Crippen molar-refractivity contribution < 1.29 is 9.90 Å². The number of hydrogen-bond acceptors (Lipinski definition) is 3. The zero-order valence-corrected chi connectivity index (χ0v) is 12.4. The monoisotopic (exact) mass is 280 g/mol. The van der Waals surface area contributed by atoms with Crippen molar-refractivity contribution in [1.82, 2.24) is 4.90 Å². The second-order valence-electron chi connectivity index (χ2n) is 7.31. The first-order valence-electron chi connectivity index (χ1n) is 8.29. The number of amides is 1. The molecule has 4 heteroatoms. The minimum Gasteiger partial charge on any atom is -0.393 e. The summed E-state index contributed by atoms with van der Waals surface area (Å²) in [4.78, 5) is 14.6. The maximum Gasteiger partial charge on any atom is 0.223 e. The van der Waals surface area contributed by atoms with Gasteiger partial charge in [-0.25, -0.2) is 0 Å². The average Bonchev–Trinajstić information content (AvgIpc) is 3.03. The van der Waals surface area contributed by atoms with E-state index in [2.05, 4.69) is 0 Å². The van der Waals surface area contributed by atoms with E-state index in [9.17, 15) is 9.90 Å². The summed E-state index contributed by atoms with van der Waals surface area (Å²) in [5, 5.41) is 9.96. The third kappa shape index (κ3) is 2.60. The molecule has 3 rings (SSSR count). The summed E-state index contributed by atoms with van der Waals surface area (Å²) in [6, 6.07) is 0. The van der Waals surface area contributed by atoms with E-state index in [4.69, 9.17) is 5.73 Å².